The van der Waals surface area contributed by atoms with Crippen LogP contribution in [0.4, 0.5) is 5.69 Å². The van der Waals surface area contributed by atoms with Crippen molar-refractivity contribution in [2.75, 3.05) is 24.5 Å². The molecule has 0 aliphatic rings. The van der Waals surface area contributed by atoms with Gasteiger partial charge in [-0.2, -0.15) is 0 Å². The van der Waals surface area contributed by atoms with Gasteiger partial charge in [0.05, 0.1) is 17.7 Å². The van der Waals surface area contributed by atoms with Gasteiger partial charge < -0.3 is 15.0 Å². The highest BCUT2D eigenvalue weighted by Gasteiger charge is 2.33. The molecule has 1 unspecified atom stereocenters. The Morgan fingerprint density at radius 3 is 2.17 bits per heavy atom. The molecule has 0 aromatic heterocycles. The molecule has 41 heavy (non-hydrogen) atoms. The molecule has 0 saturated heterocycles. The second-order valence-corrected chi connectivity index (χ2v) is 12.6. The van der Waals surface area contributed by atoms with Gasteiger partial charge in [-0.05, 0) is 72.5 Å². The Labute approximate surface area is 252 Å². The van der Waals surface area contributed by atoms with Crippen LogP contribution in [0.1, 0.15) is 32.8 Å². The number of amides is 2. The lowest BCUT2D eigenvalue weighted by atomic mass is 10.1. The molecule has 0 aliphatic heterocycles. The normalized spacial score (nSPS) is 12.1. The fraction of sp³-hybridized carbons (Fsp3) is 0.333. The summed E-state index contributed by atoms with van der Waals surface area (Å²) in [6.07, 6.45) is 0.326. The Bertz CT molecular complexity index is 1430. The topological polar surface area (TPSA) is 96.0 Å². The molecule has 0 radical (unpaired) electrons. The molecule has 0 fully saturated rings. The second-order valence-electron chi connectivity index (χ2n) is 9.88. The standard InChI is InChI=1S/C30H35Cl2N3O5S/c1-5-28(30(37)33-18-21(2)3)34(19-22-9-13-26(40-4)14-10-22)29(36)20-35(25-8-6-7-24(32)17-25)41(38,39)27-15-11-23(31)12-16-27/h6-17,21,28H,5,18-20H2,1-4H3,(H,33,37). The van der Waals surface area contributed by atoms with Gasteiger partial charge in [0.1, 0.15) is 18.3 Å². The number of methoxy groups -OCH3 is 1. The van der Waals surface area contributed by atoms with Gasteiger partial charge in [0.25, 0.3) is 10.0 Å². The molecule has 8 nitrogen and oxygen atoms in total. The number of rotatable bonds is 13. The van der Waals surface area contributed by atoms with Gasteiger partial charge in [-0.25, -0.2) is 8.42 Å². The molecule has 0 heterocycles. The van der Waals surface area contributed by atoms with Crippen LogP contribution in [-0.2, 0) is 26.2 Å². The molecule has 0 spiro atoms. The lowest BCUT2D eigenvalue weighted by Gasteiger charge is -2.33. The number of nitrogens with zero attached hydrogens (tertiary/aromatic N) is 2. The highest BCUT2D eigenvalue weighted by Crippen LogP contribution is 2.28. The number of sulfonamides is 1. The molecule has 220 valence electrons. The zero-order valence-electron chi connectivity index (χ0n) is 23.5. The average molecular weight is 621 g/mol. The molecular formula is C30H35Cl2N3O5S. The van der Waals surface area contributed by atoms with E-state index < -0.39 is 28.5 Å². The fourth-order valence-electron chi connectivity index (χ4n) is 4.16. The van der Waals surface area contributed by atoms with Crippen molar-refractivity contribution in [3.8, 4) is 5.75 Å². The molecule has 1 atom stereocenters. The first-order valence-corrected chi connectivity index (χ1v) is 15.4. The van der Waals surface area contributed by atoms with Crippen LogP contribution in [0.2, 0.25) is 10.0 Å². The maximum atomic E-state index is 14.1. The smallest absolute Gasteiger partial charge is 0.264 e. The van der Waals surface area contributed by atoms with E-state index in [-0.39, 0.29) is 29.0 Å². The first-order valence-electron chi connectivity index (χ1n) is 13.2. The van der Waals surface area contributed by atoms with E-state index in [1.807, 2.05) is 20.8 Å². The van der Waals surface area contributed by atoms with E-state index in [0.29, 0.717) is 28.8 Å². The predicted molar refractivity (Wildman–Crippen MR) is 163 cm³/mol. The number of anilines is 1. The Balaban J connectivity index is 2.04. The summed E-state index contributed by atoms with van der Waals surface area (Å²) in [5.41, 5.74) is 0.964. The molecule has 0 bridgehead atoms. The Morgan fingerprint density at radius 1 is 0.951 bits per heavy atom. The Kier molecular flexibility index (Phi) is 11.5. The van der Waals surface area contributed by atoms with Gasteiger partial charge in [-0.15, -0.1) is 0 Å². The van der Waals surface area contributed by atoms with Crippen LogP contribution >= 0.6 is 23.2 Å². The van der Waals surface area contributed by atoms with Crippen LogP contribution in [0, 0.1) is 5.92 Å². The molecule has 0 aliphatic carbocycles. The quantitative estimate of drug-likeness (QED) is 0.262. The number of carbonyl (C=O) groups excluding carboxylic acids is 2. The number of nitrogens with one attached hydrogen (secondary N) is 1. The van der Waals surface area contributed by atoms with Crippen LogP contribution in [0.25, 0.3) is 0 Å². The van der Waals surface area contributed by atoms with Gasteiger partial charge in [0, 0.05) is 23.1 Å². The van der Waals surface area contributed by atoms with Crippen LogP contribution in [0.5, 0.6) is 5.75 Å². The molecule has 11 heteroatoms. The minimum absolute atomic E-state index is 0.0434. The van der Waals surface area contributed by atoms with Gasteiger partial charge in [0.2, 0.25) is 11.8 Å². The first-order chi connectivity index (χ1) is 19.5. The summed E-state index contributed by atoms with van der Waals surface area (Å²) in [7, 11) is -2.66. The molecule has 1 N–H and O–H groups in total. The third-order valence-corrected chi connectivity index (χ3v) is 8.63. The predicted octanol–water partition coefficient (Wildman–Crippen LogP) is 5.78. The fourth-order valence-corrected chi connectivity index (χ4v) is 5.88. The summed E-state index contributed by atoms with van der Waals surface area (Å²) in [6.45, 7) is 5.74. The second kappa shape index (κ2) is 14.6. The average Bonchev–Trinajstić information content (AvgIpc) is 2.95. The third-order valence-electron chi connectivity index (χ3n) is 6.36. The summed E-state index contributed by atoms with van der Waals surface area (Å²) in [5.74, 6) is 0.00220. The van der Waals surface area contributed by atoms with Crippen LogP contribution in [0.15, 0.2) is 77.7 Å². The number of hydrogen-bond donors (Lipinski definition) is 1. The lowest BCUT2D eigenvalue weighted by Crippen LogP contribution is -2.52. The molecule has 3 aromatic rings. The molecule has 0 saturated carbocycles. The van der Waals surface area contributed by atoms with E-state index in [1.54, 1.807) is 49.6 Å². The van der Waals surface area contributed by atoms with Crippen LogP contribution in [0.3, 0.4) is 0 Å². The monoisotopic (exact) mass is 619 g/mol. The van der Waals surface area contributed by atoms with E-state index in [0.717, 1.165) is 9.87 Å². The van der Waals surface area contributed by atoms with Gasteiger partial charge in [0.15, 0.2) is 0 Å². The van der Waals surface area contributed by atoms with E-state index >= 15 is 0 Å². The van der Waals surface area contributed by atoms with Crippen molar-refractivity contribution in [1.29, 1.82) is 0 Å². The molecular weight excluding hydrogens is 585 g/mol. The lowest BCUT2D eigenvalue weighted by molar-refractivity contribution is -0.140. The third kappa shape index (κ3) is 8.61. The summed E-state index contributed by atoms with van der Waals surface area (Å²) in [5, 5.41) is 3.59. The summed E-state index contributed by atoms with van der Waals surface area (Å²) in [6, 6.07) is 18.3. The first kappa shape index (κ1) is 32.2. The Hall–Kier alpha value is -3.27. The summed E-state index contributed by atoms with van der Waals surface area (Å²) < 4.78 is 34.0. The highest BCUT2D eigenvalue weighted by molar-refractivity contribution is 7.92. The summed E-state index contributed by atoms with van der Waals surface area (Å²) >= 11 is 12.2. The van der Waals surface area contributed by atoms with E-state index in [2.05, 4.69) is 5.32 Å². The van der Waals surface area contributed by atoms with Gasteiger partial charge >= 0.3 is 0 Å². The van der Waals surface area contributed by atoms with Crippen molar-refractivity contribution in [3.63, 3.8) is 0 Å². The van der Waals surface area contributed by atoms with Crippen LogP contribution in [-0.4, -0.2) is 51.4 Å². The maximum absolute atomic E-state index is 14.1. The number of halogens is 2. The van der Waals surface area contributed by atoms with E-state index in [4.69, 9.17) is 27.9 Å². The number of hydrogen-bond acceptors (Lipinski definition) is 5. The SMILES string of the molecule is CCC(C(=O)NCC(C)C)N(Cc1ccc(OC)cc1)C(=O)CN(c1cccc(Cl)c1)S(=O)(=O)c1ccc(Cl)cc1. The van der Waals surface area contributed by atoms with Crippen molar-refractivity contribution in [1.82, 2.24) is 10.2 Å². The minimum atomic E-state index is -4.22. The largest absolute Gasteiger partial charge is 0.497 e. The maximum Gasteiger partial charge on any atom is 0.264 e. The zero-order chi connectivity index (χ0) is 30.2. The minimum Gasteiger partial charge on any atom is -0.497 e. The van der Waals surface area contributed by atoms with E-state index in [1.165, 1.54) is 35.2 Å². The number of carbonyl (C=O) groups is 2. The number of benzene rings is 3. The van der Waals surface area contributed by atoms with Crippen LogP contribution < -0.4 is 14.4 Å². The molecule has 3 rings (SSSR count). The molecule has 3 aromatic carbocycles. The van der Waals surface area contributed by atoms with Gasteiger partial charge in [-0.1, -0.05) is 62.2 Å². The van der Waals surface area contributed by atoms with Crippen molar-refractivity contribution in [3.05, 3.63) is 88.4 Å². The molecule has 2 amide bonds. The van der Waals surface area contributed by atoms with Crippen molar-refractivity contribution in [2.24, 2.45) is 5.92 Å². The summed E-state index contributed by atoms with van der Waals surface area (Å²) in [4.78, 5) is 28.7. The highest BCUT2D eigenvalue weighted by atomic mass is 35.5. The van der Waals surface area contributed by atoms with E-state index in [9.17, 15) is 18.0 Å². The zero-order valence-corrected chi connectivity index (χ0v) is 25.8. The van der Waals surface area contributed by atoms with Crippen molar-refractivity contribution < 1.29 is 22.7 Å². The van der Waals surface area contributed by atoms with Gasteiger partial charge in [-0.3, -0.25) is 13.9 Å². The number of ether oxygens (including phenoxy) is 1. The van der Waals surface area contributed by atoms with Crippen molar-refractivity contribution in [2.45, 2.75) is 44.7 Å². The van der Waals surface area contributed by atoms with Crippen molar-refractivity contribution >= 4 is 50.7 Å². The Morgan fingerprint density at radius 2 is 1.61 bits per heavy atom.